The molecule has 148 valence electrons. The van der Waals surface area contributed by atoms with Gasteiger partial charge in [-0.05, 0) is 48.9 Å². The predicted molar refractivity (Wildman–Crippen MR) is 105 cm³/mol. The van der Waals surface area contributed by atoms with Crippen molar-refractivity contribution < 1.29 is 14.5 Å². The molecule has 1 aromatic carbocycles. The highest BCUT2D eigenvalue weighted by molar-refractivity contribution is 5.95. The summed E-state index contributed by atoms with van der Waals surface area (Å²) in [5.41, 5.74) is 5.67. The summed E-state index contributed by atoms with van der Waals surface area (Å²) in [6, 6.07) is 9.87. The van der Waals surface area contributed by atoms with Crippen LogP contribution in [0.1, 0.15) is 15.9 Å². The quantitative estimate of drug-likeness (QED) is 0.406. The molecular weight excluding hydrogens is 378 g/mol. The lowest BCUT2D eigenvalue weighted by Gasteiger charge is -2.11. The Kier molecular flexibility index (Phi) is 5.78. The minimum absolute atomic E-state index is 0.0655. The first kappa shape index (κ1) is 19.5. The van der Waals surface area contributed by atoms with Gasteiger partial charge in [0.15, 0.2) is 0 Å². The zero-order valence-electron chi connectivity index (χ0n) is 15.5. The maximum Gasteiger partial charge on any atom is 0.355 e. The molecule has 0 fully saturated rings. The summed E-state index contributed by atoms with van der Waals surface area (Å²) in [6.07, 6.45) is 2.70. The molecule has 0 aliphatic rings. The summed E-state index contributed by atoms with van der Waals surface area (Å²) in [7, 11) is 1.52. The number of hydrazine groups is 1. The molecule has 0 aliphatic carbocycles. The van der Waals surface area contributed by atoms with Gasteiger partial charge in [-0.1, -0.05) is 0 Å². The van der Waals surface area contributed by atoms with E-state index in [0.717, 1.165) is 11.9 Å². The van der Waals surface area contributed by atoms with Gasteiger partial charge in [0.1, 0.15) is 17.9 Å². The summed E-state index contributed by atoms with van der Waals surface area (Å²) < 4.78 is 5.04. The summed E-state index contributed by atoms with van der Waals surface area (Å²) >= 11 is 0. The molecule has 2 aromatic heterocycles. The lowest BCUT2D eigenvalue weighted by molar-refractivity contribution is -0.383. The smallest absolute Gasteiger partial charge is 0.355 e. The zero-order chi connectivity index (χ0) is 20.8. The van der Waals surface area contributed by atoms with E-state index in [9.17, 15) is 14.9 Å². The molecule has 0 radical (unpaired) electrons. The van der Waals surface area contributed by atoms with E-state index in [1.54, 1.807) is 42.6 Å². The van der Waals surface area contributed by atoms with Crippen molar-refractivity contribution in [2.24, 2.45) is 0 Å². The van der Waals surface area contributed by atoms with Gasteiger partial charge in [0, 0.05) is 11.8 Å². The molecule has 0 saturated carbocycles. The first-order valence-corrected chi connectivity index (χ1v) is 8.37. The number of methoxy groups -OCH3 is 1. The Labute approximate surface area is 165 Å². The number of benzene rings is 1. The van der Waals surface area contributed by atoms with Crippen LogP contribution in [-0.4, -0.2) is 32.9 Å². The van der Waals surface area contributed by atoms with Crippen LogP contribution in [0.25, 0.3) is 0 Å². The number of aryl methyl sites for hydroxylation is 1. The van der Waals surface area contributed by atoms with Crippen LogP contribution in [0.3, 0.4) is 0 Å². The van der Waals surface area contributed by atoms with Gasteiger partial charge >= 0.3 is 5.69 Å². The number of nitro groups is 1. The van der Waals surface area contributed by atoms with Gasteiger partial charge in [-0.15, -0.1) is 0 Å². The summed E-state index contributed by atoms with van der Waals surface area (Å²) in [4.78, 5) is 35.1. The van der Waals surface area contributed by atoms with Crippen LogP contribution >= 0.6 is 0 Å². The number of carbonyl (C=O) groups excluding carboxylic acids is 1. The standard InChI is InChI=1S/C18H17N7O4/c1-11-7-8-19-14(9-11)22-16-15(25(27)28)17(21-10-20-16)23-24-18(26)12-3-5-13(29-2)6-4-12/h3-10H,1-2H3,(H,24,26)(H2,19,20,21,22,23). The van der Waals surface area contributed by atoms with Gasteiger partial charge in [-0.3, -0.25) is 25.8 Å². The number of amides is 1. The van der Waals surface area contributed by atoms with Crippen LogP contribution in [0.4, 0.5) is 23.1 Å². The minimum Gasteiger partial charge on any atom is -0.497 e. The van der Waals surface area contributed by atoms with E-state index in [0.29, 0.717) is 17.1 Å². The van der Waals surface area contributed by atoms with Gasteiger partial charge in [-0.25, -0.2) is 15.0 Å². The van der Waals surface area contributed by atoms with E-state index in [-0.39, 0.29) is 11.6 Å². The normalized spacial score (nSPS) is 10.1. The molecule has 0 bridgehead atoms. The zero-order valence-corrected chi connectivity index (χ0v) is 15.5. The van der Waals surface area contributed by atoms with Crippen LogP contribution in [-0.2, 0) is 0 Å². The Morgan fingerprint density at radius 2 is 1.83 bits per heavy atom. The molecule has 2 heterocycles. The van der Waals surface area contributed by atoms with Crippen molar-refractivity contribution in [3.63, 3.8) is 0 Å². The van der Waals surface area contributed by atoms with Crippen LogP contribution < -0.4 is 20.9 Å². The van der Waals surface area contributed by atoms with Gasteiger partial charge in [0.05, 0.1) is 12.0 Å². The Bertz CT molecular complexity index is 1040. The number of aromatic nitrogens is 3. The number of nitrogens with zero attached hydrogens (tertiary/aromatic N) is 4. The van der Waals surface area contributed by atoms with Crippen molar-refractivity contribution in [2.75, 3.05) is 17.9 Å². The topological polar surface area (TPSA) is 144 Å². The van der Waals surface area contributed by atoms with Crippen LogP contribution in [0.2, 0.25) is 0 Å². The van der Waals surface area contributed by atoms with Gasteiger partial charge in [0.2, 0.25) is 11.6 Å². The summed E-state index contributed by atoms with van der Waals surface area (Å²) in [5.74, 6) is 0.239. The second-order valence-corrected chi connectivity index (χ2v) is 5.83. The number of carbonyl (C=O) groups is 1. The highest BCUT2D eigenvalue weighted by Crippen LogP contribution is 2.30. The van der Waals surface area contributed by atoms with E-state index in [2.05, 4.69) is 31.1 Å². The second-order valence-electron chi connectivity index (χ2n) is 5.83. The number of rotatable bonds is 7. The summed E-state index contributed by atoms with van der Waals surface area (Å²) in [6.45, 7) is 1.86. The van der Waals surface area contributed by atoms with Crippen LogP contribution in [0.5, 0.6) is 5.75 Å². The molecular formula is C18H17N7O4. The van der Waals surface area contributed by atoms with Crippen molar-refractivity contribution >= 4 is 29.0 Å². The van der Waals surface area contributed by atoms with Crippen molar-refractivity contribution in [3.8, 4) is 5.75 Å². The molecule has 0 aliphatic heterocycles. The van der Waals surface area contributed by atoms with Gasteiger partial charge < -0.3 is 10.1 Å². The van der Waals surface area contributed by atoms with Crippen molar-refractivity contribution in [1.82, 2.24) is 20.4 Å². The van der Waals surface area contributed by atoms with Gasteiger partial charge in [0.25, 0.3) is 5.91 Å². The third-order valence-corrected chi connectivity index (χ3v) is 3.81. The largest absolute Gasteiger partial charge is 0.497 e. The first-order chi connectivity index (χ1) is 14.0. The van der Waals surface area contributed by atoms with Crippen LogP contribution in [0.15, 0.2) is 48.9 Å². The van der Waals surface area contributed by atoms with Crippen LogP contribution in [0, 0.1) is 17.0 Å². The average molecular weight is 395 g/mol. The maximum absolute atomic E-state index is 12.3. The van der Waals surface area contributed by atoms with E-state index >= 15 is 0 Å². The number of ether oxygens (including phenoxy) is 1. The van der Waals surface area contributed by atoms with E-state index in [1.165, 1.54) is 7.11 Å². The fourth-order valence-corrected chi connectivity index (χ4v) is 2.39. The summed E-state index contributed by atoms with van der Waals surface area (Å²) in [5, 5.41) is 14.4. The van der Waals surface area contributed by atoms with Gasteiger partial charge in [-0.2, -0.15) is 0 Å². The second kappa shape index (κ2) is 8.61. The lowest BCUT2D eigenvalue weighted by atomic mass is 10.2. The molecule has 0 unspecified atom stereocenters. The van der Waals surface area contributed by atoms with Crippen molar-refractivity contribution in [3.05, 3.63) is 70.2 Å². The monoisotopic (exact) mass is 395 g/mol. The average Bonchev–Trinajstić information content (AvgIpc) is 2.72. The Morgan fingerprint density at radius 3 is 2.48 bits per heavy atom. The molecule has 3 rings (SSSR count). The van der Waals surface area contributed by atoms with E-state index < -0.39 is 16.5 Å². The maximum atomic E-state index is 12.3. The predicted octanol–water partition coefficient (Wildman–Crippen LogP) is 2.60. The molecule has 3 N–H and O–H groups in total. The molecule has 11 heteroatoms. The molecule has 29 heavy (non-hydrogen) atoms. The molecule has 1 amide bonds. The lowest BCUT2D eigenvalue weighted by Crippen LogP contribution is -2.30. The number of hydrogen-bond acceptors (Lipinski definition) is 9. The third kappa shape index (κ3) is 4.71. The van der Waals surface area contributed by atoms with E-state index in [1.807, 2.05) is 6.92 Å². The SMILES string of the molecule is COc1ccc(C(=O)NNc2ncnc(Nc3cc(C)ccn3)c2[N+](=O)[O-])cc1. The Hall–Kier alpha value is -4.28. The fraction of sp³-hybridized carbons (Fsp3) is 0.111. The van der Waals surface area contributed by atoms with E-state index in [4.69, 9.17) is 4.74 Å². The number of hydrogen-bond donors (Lipinski definition) is 3. The Morgan fingerprint density at radius 1 is 1.10 bits per heavy atom. The number of anilines is 3. The minimum atomic E-state index is -0.653. The molecule has 0 saturated heterocycles. The highest BCUT2D eigenvalue weighted by Gasteiger charge is 2.24. The molecule has 0 spiro atoms. The number of nitrogens with one attached hydrogen (secondary N) is 3. The first-order valence-electron chi connectivity index (χ1n) is 8.37. The number of pyridine rings is 1. The fourth-order valence-electron chi connectivity index (χ4n) is 2.39. The Balaban J connectivity index is 1.79. The molecule has 11 nitrogen and oxygen atoms in total. The van der Waals surface area contributed by atoms with Crippen molar-refractivity contribution in [2.45, 2.75) is 6.92 Å². The molecule has 0 atom stereocenters. The molecule has 3 aromatic rings. The van der Waals surface area contributed by atoms with Crippen molar-refractivity contribution in [1.29, 1.82) is 0 Å². The highest BCUT2D eigenvalue weighted by atomic mass is 16.6. The third-order valence-electron chi connectivity index (χ3n) is 3.81.